The Morgan fingerprint density at radius 1 is 1.23 bits per heavy atom. The Kier molecular flexibility index (Phi) is 6.99. The lowest BCUT2D eigenvalue weighted by molar-refractivity contribution is -0.140. The smallest absolute Gasteiger partial charge is 0.295 e. The Morgan fingerprint density at radius 2 is 1.87 bits per heavy atom. The molecule has 3 rings (SSSR count). The molecule has 2 heterocycles. The highest BCUT2D eigenvalue weighted by molar-refractivity contribution is 6.46. The van der Waals surface area contributed by atoms with E-state index in [9.17, 15) is 14.7 Å². The zero-order valence-corrected chi connectivity index (χ0v) is 19.1. The van der Waals surface area contributed by atoms with Gasteiger partial charge in [0.1, 0.15) is 23.3 Å². The van der Waals surface area contributed by atoms with Crippen molar-refractivity contribution in [3.8, 4) is 5.75 Å². The number of aryl methyl sites for hydroxylation is 1. The quantitative estimate of drug-likeness (QED) is 0.359. The van der Waals surface area contributed by atoms with Gasteiger partial charge in [0.25, 0.3) is 11.7 Å². The number of likely N-dealkylation sites (tertiary alicyclic amines) is 1. The number of carbonyl (C=O) groups is 2. The second kappa shape index (κ2) is 9.34. The third-order valence-corrected chi connectivity index (χ3v) is 5.39. The highest BCUT2D eigenvalue weighted by Gasteiger charge is 2.47. The summed E-state index contributed by atoms with van der Waals surface area (Å²) in [6.07, 6.45) is -0.0373. The van der Waals surface area contributed by atoms with E-state index in [-0.39, 0.29) is 46.2 Å². The molecule has 1 aliphatic heterocycles. The average molecular weight is 468 g/mol. The fraction of sp³-hybridized carbons (Fsp3) is 0.364. The molecule has 0 radical (unpaired) electrons. The molecule has 1 N–H and O–H groups in total. The summed E-state index contributed by atoms with van der Waals surface area (Å²) in [6.45, 7) is 5.87. The minimum Gasteiger partial charge on any atom is -0.507 e. The molecule has 31 heavy (non-hydrogen) atoms. The Balaban J connectivity index is 2.11. The number of Topliss-reactive ketones (excluding diaryl/α,β-unsaturated/α-hetero) is 1. The van der Waals surface area contributed by atoms with Crippen molar-refractivity contribution < 1.29 is 28.6 Å². The fourth-order valence-corrected chi connectivity index (χ4v) is 4.08. The molecule has 1 atom stereocenters. The molecular weight excluding hydrogens is 445 g/mol. The Labute approximate surface area is 190 Å². The summed E-state index contributed by atoms with van der Waals surface area (Å²) in [5.74, 6) is -0.786. The highest BCUT2D eigenvalue weighted by Crippen LogP contribution is 2.42. The second-order valence-corrected chi connectivity index (χ2v) is 8.15. The minimum atomic E-state index is -0.913. The van der Waals surface area contributed by atoms with Gasteiger partial charge >= 0.3 is 0 Å². The third kappa shape index (κ3) is 4.59. The molecule has 0 aliphatic carbocycles. The van der Waals surface area contributed by atoms with Crippen molar-refractivity contribution in [3.63, 3.8) is 0 Å². The van der Waals surface area contributed by atoms with Crippen molar-refractivity contribution >= 4 is 40.7 Å². The number of methoxy groups -OCH3 is 1. The molecule has 9 heteroatoms. The van der Waals surface area contributed by atoms with Crippen LogP contribution in [0.2, 0.25) is 10.0 Å². The number of rotatable bonds is 7. The lowest BCUT2D eigenvalue weighted by atomic mass is 9.99. The van der Waals surface area contributed by atoms with Gasteiger partial charge in [-0.15, -0.1) is 0 Å². The maximum Gasteiger partial charge on any atom is 0.295 e. The molecule has 2 aromatic rings. The number of furan rings is 1. The topological polar surface area (TPSA) is 89.2 Å². The average Bonchev–Trinajstić information content (AvgIpc) is 3.23. The number of benzene rings is 1. The first kappa shape index (κ1) is 23.2. The van der Waals surface area contributed by atoms with E-state index < -0.39 is 23.5 Å². The molecule has 1 aromatic heterocycles. The van der Waals surface area contributed by atoms with Crippen LogP contribution in [0.25, 0.3) is 5.76 Å². The van der Waals surface area contributed by atoms with Crippen LogP contribution in [0.3, 0.4) is 0 Å². The van der Waals surface area contributed by atoms with Gasteiger partial charge in [0.2, 0.25) is 0 Å². The molecule has 1 fully saturated rings. The summed E-state index contributed by atoms with van der Waals surface area (Å²) in [7, 11) is 1.41. The van der Waals surface area contributed by atoms with Gasteiger partial charge in [-0.05, 0) is 45.0 Å². The van der Waals surface area contributed by atoms with Crippen molar-refractivity contribution in [2.45, 2.75) is 32.9 Å². The minimum absolute atomic E-state index is 0.0373. The maximum absolute atomic E-state index is 12.9. The van der Waals surface area contributed by atoms with Crippen LogP contribution in [0.1, 0.15) is 37.0 Å². The van der Waals surface area contributed by atoms with Gasteiger partial charge in [-0.25, -0.2) is 0 Å². The van der Waals surface area contributed by atoms with E-state index in [1.165, 1.54) is 24.1 Å². The molecule has 1 aliphatic rings. The standard InChI is InChI=1S/C22H23Cl2NO6/c1-11(2)30-8-7-25-18(16-6-5-12(3)31-16)17(20(27)22(25)28)19(26)13-9-14(23)21(29-4)15(24)10-13/h5-6,9-11,18,26H,7-8H2,1-4H3/b19-17-. The monoisotopic (exact) mass is 467 g/mol. The van der Waals surface area contributed by atoms with E-state index in [0.717, 1.165) is 0 Å². The predicted molar refractivity (Wildman–Crippen MR) is 117 cm³/mol. The van der Waals surface area contributed by atoms with Gasteiger partial charge in [0.15, 0.2) is 5.75 Å². The van der Waals surface area contributed by atoms with E-state index in [0.29, 0.717) is 11.5 Å². The van der Waals surface area contributed by atoms with Crippen LogP contribution in [0.5, 0.6) is 5.75 Å². The number of ketones is 1. The lowest BCUT2D eigenvalue weighted by Crippen LogP contribution is -2.33. The first-order valence-corrected chi connectivity index (χ1v) is 10.4. The molecule has 1 amide bonds. The van der Waals surface area contributed by atoms with Crippen LogP contribution in [0.4, 0.5) is 0 Å². The molecule has 1 saturated heterocycles. The van der Waals surface area contributed by atoms with Crippen LogP contribution in [0, 0.1) is 6.92 Å². The number of hydrogen-bond donors (Lipinski definition) is 1. The number of halogens is 2. The molecule has 0 bridgehead atoms. The van der Waals surface area contributed by atoms with Gasteiger partial charge in [-0.1, -0.05) is 23.2 Å². The first-order chi connectivity index (χ1) is 14.6. The van der Waals surface area contributed by atoms with Gasteiger partial charge in [0.05, 0.1) is 35.4 Å². The molecule has 1 aromatic carbocycles. The van der Waals surface area contributed by atoms with E-state index >= 15 is 0 Å². The molecule has 0 spiro atoms. The second-order valence-electron chi connectivity index (χ2n) is 7.33. The number of aliphatic hydroxyl groups excluding tert-OH is 1. The normalized spacial score (nSPS) is 18.3. The molecule has 0 saturated carbocycles. The molecule has 7 nitrogen and oxygen atoms in total. The highest BCUT2D eigenvalue weighted by atomic mass is 35.5. The Morgan fingerprint density at radius 3 is 2.39 bits per heavy atom. The lowest BCUT2D eigenvalue weighted by Gasteiger charge is -2.23. The van der Waals surface area contributed by atoms with E-state index in [4.69, 9.17) is 37.1 Å². The van der Waals surface area contributed by atoms with E-state index in [1.54, 1.807) is 19.1 Å². The number of amides is 1. The fourth-order valence-electron chi connectivity index (χ4n) is 3.44. The van der Waals surface area contributed by atoms with Crippen molar-refractivity contribution in [3.05, 3.63) is 57.0 Å². The number of aliphatic hydroxyl groups is 1. The first-order valence-electron chi connectivity index (χ1n) is 9.65. The summed E-state index contributed by atoms with van der Waals surface area (Å²) >= 11 is 12.4. The van der Waals surface area contributed by atoms with Gasteiger partial charge in [-0.2, -0.15) is 0 Å². The summed E-state index contributed by atoms with van der Waals surface area (Å²) in [4.78, 5) is 27.1. The van der Waals surface area contributed by atoms with Crippen LogP contribution in [0.15, 0.2) is 34.3 Å². The van der Waals surface area contributed by atoms with Gasteiger partial charge in [0, 0.05) is 12.1 Å². The van der Waals surface area contributed by atoms with Crippen molar-refractivity contribution in [2.24, 2.45) is 0 Å². The van der Waals surface area contributed by atoms with E-state index in [1.807, 2.05) is 13.8 Å². The Bertz CT molecular complexity index is 1020. The number of hydrogen-bond acceptors (Lipinski definition) is 6. The van der Waals surface area contributed by atoms with Crippen LogP contribution in [-0.4, -0.2) is 48.1 Å². The van der Waals surface area contributed by atoms with Gasteiger partial charge < -0.3 is 23.9 Å². The van der Waals surface area contributed by atoms with Crippen molar-refractivity contribution in [2.75, 3.05) is 20.3 Å². The maximum atomic E-state index is 12.9. The Hall–Kier alpha value is -2.48. The number of ether oxygens (including phenoxy) is 2. The zero-order chi connectivity index (χ0) is 22.9. The molecule has 1 unspecified atom stereocenters. The summed E-state index contributed by atoms with van der Waals surface area (Å²) in [5.41, 5.74) is 0.0710. The number of nitrogens with zero attached hydrogens (tertiary/aromatic N) is 1. The SMILES string of the molecule is COc1c(Cl)cc(/C(O)=C2/C(=O)C(=O)N(CCOC(C)C)C2c2ccc(C)o2)cc1Cl. The number of carbonyl (C=O) groups excluding carboxylic acids is 2. The molecule has 166 valence electrons. The summed E-state index contributed by atoms with van der Waals surface area (Å²) in [5, 5.41) is 11.3. The predicted octanol–water partition coefficient (Wildman–Crippen LogP) is 4.75. The van der Waals surface area contributed by atoms with Gasteiger partial charge in [-0.3, -0.25) is 9.59 Å². The largest absolute Gasteiger partial charge is 0.507 e. The summed E-state index contributed by atoms with van der Waals surface area (Å²) < 4.78 is 16.4. The zero-order valence-electron chi connectivity index (χ0n) is 17.6. The van der Waals surface area contributed by atoms with Crippen LogP contribution < -0.4 is 4.74 Å². The van der Waals surface area contributed by atoms with Crippen molar-refractivity contribution in [1.82, 2.24) is 4.90 Å². The van der Waals surface area contributed by atoms with Crippen LogP contribution >= 0.6 is 23.2 Å². The summed E-state index contributed by atoms with van der Waals surface area (Å²) in [6, 6.07) is 5.32. The van der Waals surface area contributed by atoms with Crippen LogP contribution in [-0.2, 0) is 14.3 Å². The molecular formula is C22H23Cl2NO6. The van der Waals surface area contributed by atoms with E-state index in [2.05, 4.69) is 0 Å². The third-order valence-electron chi connectivity index (χ3n) is 4.83. The van der Waals surface area contributed by atoms with Crippen molar-refractivity contribution in [1.29, 1.82) is 0 Å².